The summed E-state index contributed by atoms with van der Waals surface area (Å²) in [4.78, 5) is 4.55. The van der Waals surface area contributed by atoms with Crippen LogP contribution in [0.15, 0.2) is 33.7 Å². The van der Waals surface area contributed by atoms with Crippen LogP contribution in [0.2, 0.25) is 0 Å². The highest BCUT2D eigenvalue weighted by atomic mass is 32.2. The monoisotopic (exact) mass is 338 g/mol. The molecule has 2 atom stereocenters. The lowest BCUT2D eigenvalue weighted by atomic mass is 10.1. The van der Waals surface area contributed by atoms with E-state index in [0.29, 0.717) is 11.7 Å². The van der Waals surface area contributed by atoms with Crippen molar-refractivity contribution in [3.8, 4) is 0 Å². The van der Waals surface area contributed by atoms with Gasteiger partial charge in [0, 0.05) is 12.5 Å². The Kier molecular flexibility index (Phi) is 5.51. The van der Waals surface area contributed by atoms with Gasteiger partial charge in [0.15, 0.2) is 5.82 Å². The number of sulfonamides is 1. The molecule has 2 aromatic rings. The summed E-state index contributed by atoms with van der Waals surface area (Å²) in [6.07, 6.45) is 0.729. The fourth-order valence-corrected chi connectivity index (χ4v) is 2.91. The predicted molar refractivity (Wildman–Crippen MR) is 86.3 cm³/mol. The van der Waals surface area contributed by atoms with Crippen LogP contribution >= 0.6 is 0 Å². The highest BCUT2D eigenvalue weighted by molar-refractivity contribution is 7.89. The third kappa shape index (κ3) is 4.15. The summed E-state index contributed by atoms with van der Waals surface area (Å²) >= 11 is 0. The molecule has 0 aliphatic carbocycles. The first-order valence-electron chi connectivity index (χ1n) is 7.49. The van der Waals surface area contributed by atoms with E-state index in [1.165, 1.54) is 7.05 Å². The molecule has 23 heavy (non-hydrogen) atoms. The fraction of sp³-hybridized carbons (Fsp3) is 0.467. The van der Waals surface area contributed by atoms with Crippen LogP contribution in [0.3, 0.4) is 0 Å². The summed E-state index contributed by atoms with van der Waals surface area (Å²) < 4.78 is 31.0. The van der Waals surface area contributed by atoms with Crippen LogP contribution in [0.4, 0.5) is 0 Å². The van der Waals surface area contributed by atoms with Crippen LogP contribution in [0.1, 0.15) is 50.1 Å². The molecule has 1 heterocycles. The second-order valence-corrected chi connectivity index (χ2v) is 7.18. The van der Waals surface area contributed by atoms with Gasteiger partial charge in [0.2, 0.25) is 15.9 Å². The molecule has 0 saturated heterocycles. The molecule has 1 aromatic heterocycles. The molecule has 7 nitrogen and oxygen atoms in total. The standard InChI is InChI=1S/C15H22N4O3S/c1-5-14-18-15(22-19-14)11(3)17-10(2)12-6-8-13(9-7-12)23(20,21)16-4/h6-11,16-17H,5H2,1-4H3. The zero-order valence-electron chi connectivity index (χ0n) is 13.7. The van der Waals surface area contributed by atoms with Crippen molar-refractivity contribution in [3.63, 3.8) is 0 Å². The second kappa shape index (κ2) is 7.20. The normalized spacial score (nSPS) is 14.6. The van der Waals surface area contributed by atoms with Crippen LogP contribution in [-0.2, 0) is 16.4 Å². The summed E-state index contributed by atoms with van der Waals surface area (Å²) in [6, 6.07) is 6.67. The Balaban J connectivity index is 2.07. The first kappa shape index (κ1) is 17.6. The molecule has 2 rings (SSSR count). The van der Waals surface area contributed by atoms with Gasteiger partial charge in [0.05, 0.1) is 10.9 Å². The zero-order valence-corrected chi connectivity index (χ0v) is 14.5. The van der Waals surface area contributed by atoms with Gasteiger partial charge in [-0.15, -0.1) is 0 Å². The zero-order chi connectivity index (χ0) is 17.0. The van der Waals surface area contributed by atoms with Crippen LogP contribution < -0.4 is 10.0 Å². The molecule has 0 aliphatic rings. The van der Waals surface area contributed by atoms with Crippen molar-refractivity contribution in [2.24, 2.45) is 0 Å². The van der Waals surface area contributed by atoms with E-state index < -0.39 is 10.0 Å². The van der Waals surface area contributed by atoms with Gasteiger partial charge >= 0.3 is 0 Å². The molecule has 126 valence electrons. The molecule has 0 aliphatic heterocycles. The van der Waals surface area contributed by atoms with Gasteiger partial charge in [0.1, 0.15) is 0 Å². The molecule has 0 saturated carbocycles. The highest BCUT2D eigenvalue weighted by Gasteiger charge is 2.17. The molecule has 1 aromatic carbocycles. The summed E-state index contributed by atoms with van der Waals surface area (Å²) in [5.41, 5.74) is 0.974. The Morgan fingerprint density at radius 1 is 1.17 bits per heavy atom. The van der Waals surface area contributed by atoms with E-state index in [-0.39, 0.29) is 17.0 Å². The molecule has 0 bridgehead atoms. The van der Waals surface area contributed by atoms with E-state index in [1.54, 1.807) is 24.3 Å². The third-order valence-corrected chi connectivity index (χ3v) is 5.06. The minimum Gasteiger partial charge on any atom is -0.338 e. The van der Waals surface area contributed by atoms with Gasteiger partial charge in [-0.3, -0.25) is 5.32 Å². The van der Waals surface area contributed by atoms with Gasteiger partial charge in [-0.1, -0.05) is 24.2 Å². The maximum atomic E-state index is 11.7. The minimum absolute atomic E-state index is 0.00770. The summed E-state index contributed by atoms with van der Waals surface area (Å²) in [7, 11) is -2.02. The Hall–Kier alpha value is -1.77. The number of benzene rings is 1. The lowest BCUT2D eigenvalue weighted by Gasteiger charge is -2.18. The molecule has 0 amide bonds. The molecular weight excluding hydrogens is 316 g/mol. The number of nitrogens with zero attached hydrogens (tertiary/aromatic N) is 2. The van der Waals surface area contributed by atoms with E-state index in [0.717, 1.165) is 12.0 Å². The summed E-state index contributed by atoms with van der Waals surface area (Å²) in [5, 5.41) is 7.24. The van der Waals surface area contributed by atoms with E-state index >= 15 is 0 Å². The molecule has 0 fully saturated rings. The summed E-state index contributed by atoms with van der Waals surface area (Å²) in [5.74, 6) is 1.23. The van der Waals surface area contributed by atoms with E-state index in [4.69, 9.17) is 4.52 Å². The van der Waals surface area contributed by atoms with Gasteiger partial charge in [-0.2, -0.15) is 4.98 Å². The molecule has 8 heteroatoms. The van der Waals surface area contributed by atoms with Crippen LogP contribution in [-0.4, -0.2) is 25.6 Å². The van der Waals surface area contributed by atoms with Gasteiger partial charge in [0.25, 0.3) is 0 Å². The van der Waals surface area contributed by atoms with Crippen molar-refractivity contribution in [2.75, 3.05) is 7.05 Å². The SMILES string of the molecule is CCc1noc(C(C)NC(C)c2ccc(S(=O)(=O)NC)cc2)n1. The molecule has 2 unspecified atom stereocenters. The number of rotatable bonds is 7. The van der Waals surface area contributed by atoms with E-state index in [9.17, 15) is 8.42 Å². The lowest BCUT2D eigenvalue weighted by Crippen LogP contribution is -2.23. The van der Waals surface area contributed by atoms with Crippen molar-refractivity contribution < 1.29 is 12.9 Å². The number of hydrogen-bond acceptors (Lipinski definition) is 6. The number of aryl methyl sites for hydroxylation is 1. The molecule has 2 N–H and O–H groups in total. The quantitative estimate of drug-likeness (QED) is 0.801. The predicted octanol–water partition coefficient (Wildman–Crippen LogP) is 1.95. The summed E-state index contributed by atoms with van der Waals surface area (Å²) in [6.45, 7) is 5.91. The Bertz CT molecular complexity index is 740. The fourth-order valence-electron chi connectivity index (χ4n) is 2.18. The average molecular weight is 338 g/mol. The van der Waals surface area contributed by atoms with Crippen LogP contribution in [0, 0.1) is 0 Å². The molecule has 0 radical (unpaired) electrons. The first-order valence-corrected chi connectivity index (χ1v) is 8.97. The average Bonchev–Trinajstić information content (AvgIpc) is 3.04. The van der Waals surface area contributed by atoms with Crippen molar-refractivity contribution in [2.45, 2.75) is 44.2 Å². The van der Waals surface area contributed by atoms with Gasteiger partial charge in [-0.05, 0) is 38.6 Å². The number of aromatic nitrogens is 2. The lowest BCUT2D eigenvalue weighted by molar-refractivity contribution is 0.325. The topological polar surface area (TPSA) is 97.1 Å². The maximum Gasteiger partial charge on any atom is 0.243 e. The minimum atomic E-state index is -3.41. The smallest absolute Gasteiger partial charge is 0.243 e. The van der Waals surface area contributed by atoms with Crippen molar-refractivity contribution in [1.29, 1.82) is 0 Å². The van der Waals surface area contributed by atoms with Crippen molar-refractivity contribution in [3.05, 3.63) is 41.5 Å². The van der Waals surface area contributed by atoms with Crippen LogP contribution in [0.5, 0.6) is 0 Å². The highest BCUT2D eigenvalue weighted by Crippen LogP contribution is 2.20. The van der Waals surface area contributed by atoms with Gasteiger partial charge < -0.3 is 4.52 Å². The van der Waals surface area contributed by atoms with Crippen LogP contribution in [0.25, 0.3) is 0 Å². The second-order valence-electron chi connectivity index (χ2n) is 5.29. The molecular formula is C15H22N4O3S. The van der Waals surface area contributed by atoms with E-state index in [2.05, 4.69) is 20.2 Å². The number of hydrogen-bond donors (Lipinski definition) is 2. The molecule has 0 spiro atoms. The number of nitrogens with one attached hydrogen (secondary N) is 2. The van der Waals surface area contributed by atoms with Crippen molar-refractivity contribution >= 4 is 10.0 Å². The van der Waals surface area contributed by atoms with Gasteiger partial charge in [-0.25, -0.2) is 13.1 Å². The van der Waals surface area contributed by atoms with Crippen molar-refractivity contribution in [1.82, 2.24) is 20.2 Å². The Morgan fingerprint density at radius 2 is 1.83 bits per heavy atom. The maximum absolute atomic E-state index is 11.7. The van der Waals surface area contributed by atoms with E-state index in [1.807, 2.05) is 20.8 Å². The largest absolute Gasteiger partial charge is 0.338 e. The first-order chi connectivity index (χ1) is 10.9. The third-order valence-electron chi connectivity index (χ3n) is 3.63. The Labute approximate surface area is 136 Å². The Morgan fingerprint density at radius 3 is 2.35 bits per heavy atom.